The Balaban J connectivity index is 0.00000363. The molecule has 2 aromatic carbocycles. The van der Waals surface area contributed by atoms with Crippen molar-refractivity contribution in [1.29, 1.82) is 0 Å². The monoisotopic (exact) mass is 480 g/mol. The molecule has 3 rings (SSSR count). The predicted octanol–water partition coefficient (Wildman–Crippen LogP) is 4.43. The van der Waals surface area contributed by atoms with Crippen molar-refractivity contribution in [3.63, 3.8) is 0 Å². The fraction of sp³-hybridized carbons (Fsp3) is 0.261. The quantitative estimate of drug-likeness (QED) is 0.505. The maximum atomic E-state index is 14.3. The molecule has 1 aromatic heterocycles. The van der Waals surface area contributed by atoms with Crippen LogP contribution in [-0.2, 0) is 21.1 Å². The van der Waals surface area contributed by atoms with Crippen molar-refractivity contribution >= 4 is 39.1 Å². The highest BCUT2D eigenvalue weighted by Crippen LogP contribution is 2.36. The first-order valence-corrected chi connectivity index (χ1v) is 11.7. The van der Waals surface area contributed by atoms with Crippen LogP contribution in [0.1, 0.15) is 23.0 Å². The number of halogens is 2. The molecule has 0 aliphatic carbocycles. The van der Waals surface area contributed by atoms with Gasteiger partial charge in [-0.25, -0.2) is 17.6 Å². The van der Waals surface area contributed by atoms with E-state index in [0.717, 1.165) is 17.5 Å². The third kappa shape index (κ3) is 5.20. The van der Waals surface area contributed by atoms with Gasteiger partial charge in [0.2, 0.25) is 0 Å². The van der Waals surface area contributed by atoms with Gasteiger partial charge in [0.05, 0.1) is 23.6 Å². The zero-order valence-electron chi connectivity index (χ0n) is 18.1. The van der Waals surface area contributed by atoms with Crippen LogP contribution in [0.5, 0.6) is 0 Å². The summed E-state index contributed by atoms with van der Waals surface area (Å²) in [7, 11) is -3.41. The Bertz CT molecular complexity index is 1280. The summed E-state index contributed by atoms with van der Waals surface area (Å²) in [6, 6.07) is 11.7. The van der Waals surface area contributed by atoms with E-state index in [2.05, 4.69) is 0 Å². The van der Waals surface area contributed by atoms with Crippen LogP contribution in [0.15, 0.2) is 59.3 Å². The van der Waals surface area contributed by atoms with Crippen molar-refractivity contribution in [1.82, 2.24) is 4.57 Å². The van der Waals surface area contributed by atoms with Crippen molar-refractivity contribution < 1.29 is 22.3 Å². The van der Waals surface area contributed by atoms with Crippen LogP contribution in [0.3, 0.4) is 0 Å². The number of fused-ring (bicyclic) bond motifs is 1. The molecule has 0 aliphatic heterocycles. The van der Waals surface area contributed by atoms with Crippen LogP contribution in [0.4, 0.5) is 4.39 Å². The molecular weight excluding hydrogens is 455 g/mol. The van der Waals surface area contributed by atoms with E-state index in [4.69, 9.17) is 10.5 Å². The predicted molar refractivity (Wildman–Crippen MR) is 127 cm³/mol. The Morgan fingerprint density at radius 1 is 1.22 bits per heavy atom. The summed E-state index contributed by atoms with van der Waals surface area (Å²) in [5, 5.41) is 0.703. The lowest BCUT2D eigenvalue weighted by atomic mass is 10.0. The molecule has 9 heteroatoms. The first-order valence-electron chi connectivity index (χ1n) is 9.82. The van der Waals surface area contributed by atoms with Gasteiger partial charge < -0.3 is 15.0 Å². The van der Waals surface area contributed by atoms with Gasteiger partial charge in [0.1, 0.15) is 5.83 Å². The minimum Gasteiger partial charge on any atom is -0.462 e. The molecule has 32 heavy (non-hydrogen) atoms. The van der Waals surface area contributed by atoms with E-state index in [0.29, 0.717) is 22.0 Å². The first-order chi connectivity index (χ1) is 14.7. The minimum absolute atomic E-state index is 0. The summed E-state index contributed by atoms with van der Waals surface area (Å²) in [6.45, 7) is 3.87. The maximum absolute atomic E-state index is 14.3. The molecule has 6 nitrogen and oxygen atoms in total. The van der Waals surface area contributed by atoms with Gasteiger partial charge in [-0.05, 0) is 55.8 Å². The normalized spacial score (nSPS) is 12.0. The number of aromatic nitrogens is 1. The number of nitrogens with two attached hydrogens (primary N) is 1. The Kier molecular flexibility index (Phi) is 8.23. The number of hydrogen-bond acceptors (Lipinski definition) is 5. The average Bonchev–Trinajstić information content (AvgIpc) is 2.98. The lowest BCUT2D eigenvalue weighted by molar-refractivity contribution is 0.0526. The number of carbonyl (C=O) groups excluding carboxylic acids is 1. The zero-order chi connectivity index (χ0) is 22.8. The SMILES string of the molecule is CCOC(=O)c1ccc2c(c1)c(-c1cccc(S(C)(=O)=O)c1)c(C)n2C/C(F)=C/CN.Cl. The van der Waals surface area contributed by atoms with E-state index in [-0.39, 0.29) is 42.8 Å². The number of sulfone groups is 1. The largest absolute Gasteiger partial charge is 0.462 e. The van der Waals surface area contributed by atoms with E-state index < -0.39 is 15.8 Å². The van der Waals surface area contributed by atoms with Gasteiger partial charge in [0.15, 0.2) is 9.84 Å². The number of benzene rings is 2. The molecule has 0 spiro atoms. The van der Waals surface area contributed by atoms with Gasteiger partial charge in [-0.1, -0.05) is 12.1 Å². The number of carbonyl (C=O) groups is 1. The second kappa shape index (κ2) is 10.3. The molecule has 0 unspecified atom stereocenters. The number of esters is 1. The van der Waals surface area contributed by atoms with Crippen LogP contribution < -0.4 is 5.73 Å². The molecule has 0 radical (unpaired) electrons. The number of allylic oxidation sites excluding steroid dienone is 1. The fourth-order valence-electron chi connectivity index (χ4n) is 3.62. The van der Waals surface area contributed by atoms with Gasteiger partial charge >= 0.3 is 5.97 Å². The lowest BCUT2D eigenvalue weighted by Crippen LogP contribution is -2.05. The zero-order valence-corrected chi connectivity index (χ0v) is 19.7. The van der Waals surface area contributed by atoms with Crippen molar-refractivity contribution in [3.8, 4) is 11.1 Å². The van der Waals surface area contributed by atoms with E-state index in [9.17, 15) is 17.6 Å². The van der Waals surface area contributed by atoms with Crippen LogP contribution in [-0.4, -0.2) is 38.4 Å². The second-order valence-electron chi connectivity index (χ2n) is 7.19. The molecule has 0 aliphatic rings. The van der Waals surface area contributed by atoms with Crippen LogP contribution in [0.25, 0.3) is 22.0 Å². The molecule has 0 amide bonds. The van der Waals surface area contributed by atoms with Gasteiger partial charge in [-0.3, -0.25) is 0 Å². The van der Waals surface area contributed by atoms with Crippen molar-refractivity contribution in [3.05, 3.63) is 65.6 Å². The summed E-state index contributed by atoms with van der Waals surface area (Å²) in [4.78, 5) is 12.5. The molecule has 2 N–H and O–H groups in total. The molecule has 0 saturated carbocycles. The number of rotatable bonds is 7. The number of ether oxygens (including phenoxy) is 1. The number of nitrogens with zero attached hydrogens (tertiary/aromatic N) is 1. The lowest BCUT2D eigenvalue weighted by Gasteiger charge is -2.08. The van der Waals surface area contributed by atoms with Crippen LogP contribution in [0, 0.1) is 6.92 Å². The van der Waals surface area contributed by atoms with E-state index in [1.807, 2.05) is 6.92 Å². The van der Waals surface area contributed by atoms with Crippen LogP contribution >= 0.6 is 12.4 Å². The molecule has 1 heterocycles. The Morgan fingerprint density at radius 3 is 2.56 bits per heavy atom. The molecule has 0 fully saturated rings. The van der Waals surface area contributed by atoms with E-state index >= 15 is 0 Å². The molecule has 172 valence electrons. The summed E-state index contributed by atoms with van der Waals surface area (Å²) in [5.74, 6) is -0.840. The summed E-state index contributed by atoms with van der Waals surface area (Å²) in [6.07, 6.45) is 2.45. The molecular formula is C23H26ClFN2O4S. The Hall–Kier alpha value is -2.68. The average molecular weight is 481 g/mol. The topological polar surface area (TPSA) is 91.4 Å². The molecule has 3 aromatic rings. The van der Waals surface area contributed by atoms with Crippen LogP contribution in [0.2, 0.25) is 0 Å². The Morgan fingerprint density at radius 2 is 1.94 bits per heavy atom. The summed E-state index contributed by atoms with van der Waals surface area (Å²) >= 11 is 0. The van der Waals surface area contributed by atoms with Gasteiger partial charge in [-0.2, -0.15) is 0 Å². The third-order valence-corrected chi connectivity index (χ3v) is 6.14. The summed E-state index contributed by atoms with van der Waals surface area (Å²) < 4.78 is 45.4. The summed E-state index contributed by atoms with van der Waals surface area (Å²) in [5.41, 5.74) is 8.64. The van der Waals surface area contributed by atoms with Crippen molar-refractivity contribution in [2.75, 3.05) is 19.4 Å². The van der Waals surface area contributed by atoms with Crippen molar-refractivity contribution in [2.24, 2.45) is 5.73 Å². The van der Waals surface area contributed by atoms with Gasteiger partial charge in [0, 0.05) is 35.0 Å². The highest BCUT2D eigenvalue weighted by atomic mass is 35.5. The highest BCUT2D eigenvalue weighted by Gasteiger charge is 2.20. The molecule has 0 atom stereocenters. The first kappa shape index (κ1) is 25.6. The third-order valence-electron chi connectivity index (χ3n) is 5.03. The fourth-order valence-corrected chi connectivity index (χ4v) is 4.28. The smallest absolute Gasteiger partial charge is 0.338 e. The maximum Gasteiger partial charge on any atom is 0.338 e. The number of hydrogen-bond donors (Lipinski definition) is 1. The second-order valence-corrected chi connectivity index (χ2v) is 9.20. The molecule has 0 bridgehead atoms. The standard InChI is InChI=1S/C23H25FN2O4S.ClH/c1-4-30-23(27)17-8-9-21-20(13-17)22(15(2)26(21)14-18(24)10-11-25)16-6-5-7-19(12-16)31(3,28)29;/h5-10,12-13H,4,11,14,25H2,1-3H3;1H/b18-10-;. The highest BCUT2D eigenvalue weighted by molar-refractivity contribution is 7.90. The Labute approximate surface area is 193 Å². The van der Waals surface area contributed by atoms with Crippen molar-refractivity contribution in [2.45, 2.75) is 25.3 Å². The molecule has 0 saturated heterocycles. The van der Waals surface area contributed by atoms with Gasteiger partial charge in [0.25, 0.3) is 0 Å². The van der Waals surface area contributed by atoms with E-state index in [1.54, 1.807) is 47.9 Å². The van der Waals surface area contributed by atoms with Gasteiger partial charge in [-0.15, -0.1) is 12.4 Å². The van der Waals surface area contributed by atoms with E-state index in [1.165, 1.54) is 12.1 Å². The minimum atomic E-state index is -3.41.